The molecule has 0 saturated carbocycles. The third kappa shape index (κ3) is 2.90. The summed E-state index contributed by atoms with van der Waals surface area (Å²) in [6, 6.07) is 9.53. The molecule has 0 N–H and O–H groups in total. The summed E-state index contributed by atoms with van der Waals surface area (Å²) in [5.74, 6) is -0.491. The average molecular weight is 353 g/mol. The van der Waals surface area contributed by atoms with E-state index in [0.29, 0.717) is 11.3 Å². The predicted molar refractivity (Wildman–Crippen MR) is 87.4 cm³/mol. The largest absolute Gasteiger partial charge is 0.469 e. The van der Waals surface area contributed by atoms with E-state index in [9.17, 15) is 9.18 Å². The minimum absolute atomic E-state index is 0.115. The summed E-state index contributed by atoms with van der Waals surface area (Å²) in [6.45, 7) is 0. The number of fused-ring (bicyclic) bond motifs is 1. The van der Waals surface area contributed by atoms with Gasteiger partial charge in [-0.05, 0) is 30.3 Å². The van der Waals surface area contributed by atoms with Gasteiger partial charge in [0.15, 0.2) is 11.3 Å². The van der Waals surface area contributed by atoms with Crippen LogP contribution in [-0.2, 0) is 16.0 Å². The molecule has 26 heavy (non-hydrogen) atoms. The van der Waals surface area contributed by atoms with Crippen LogP contribution in [0.15, 0.2) is 47.0 Å². The van der Waals surface area contributed by atoms with Crippen LogP contribution in [-0.4, -0.2) is 37.9 Å². The van der Waals surface area contributed by atoms with E-state index in [1.165, 1.54) is 19.2 Å². The molecule has 0 fully saturated rings. The molecule has 9 heteroatoms. The number of hydrogen-bond acceptors (Lipinski definition) is 7. The Kier molecular flexibility index (Phi) is 3.88. The molecule has 130 valence electrons. The van der Waals surface area contributed by atoms with Gasteiger partial charge in [0.25, 0.3) is 5.89 Å². The smallest absolute Gasteiger partial charge is 0.315 e. The SMILES string of the molecule is COC(=O)Cc1nnc(-c2cc3nccc(-c4ccc(F)cc4)n3n2)o1. The van der Waals surface area contributed by atoms with Crippen molar-refractivity contribution in [1.82, 2.24) is 24.8 Å². The molecule has 0 amide bonds. The van der Waals surface area contributed by atoms with Gasteiger partial charge in [0, 0.05) is 17.8 Å². The molecule has 0 saturated heterocycles. The zero-order chi connectivity index (χ0) is 18.1. The normalized spacial score (nSPS) is 11.0. The first-order valence-corrected chi connectivity index (χ1v) is 7.64. The van der Waals surface area contributed by atoms with Crippen LogP contribution in [0.4, 0.5) is 4.39 Å². The van der Waals surface area contributed by atoms with Gasteiger partial charge in [0.2, 0.25) is 5.89 Å². The lowest BCUT2D eigenvalue weighted by atomic mass is 10.1. The summed E-state index contributed by atoms with van der Waals surface area (Å²) in [5.41, 5.74) is 2.49. The first-order valence-electron chi connectivity index (χ1n) is 7.64. The molecule has 0 aliphatic carbocycles. The number of aromatic nitrogens is 5. The van der Waals surface area contributed by atoms with Gasteiger partial charge in [-0.3, -0.25) is 4.79 Å². The van der Waals surface area contributed by atoms with Gasteiger partial charge in [0.05, 0.1) is 12.8 Å². The van der Waals surface area contributed by atoms with Gasteiger partial charge in [-0.2, -0.15) is 5.10 Å². The van der Waals surface area contributed by atoms with Crippen molar-refractivity contribution in [1.29, 1.82) is 0 Å². The minimum Gasteiger partial charge on any atom is -0.469 e. The zero-order valence-electron chi connectivity index (χ0n) is 13.6. The summed E-state index contributed by atoms with van der Waals surface area (Å²) in [4.78, 5) is 15.5. The topological polar surface area (TPSA) is 95.4 Å². The fourth-order valence-corrected chi connectivity index (χ4v) is 2.46. The number of rotatable bonds is 4. The lowest BCUT2D eigenvalue weighted by Crippen LogP contribution is -2.04. The third-order valence-corrected chi connectivity index (χ3v) is 3.71. The maximum Gasteiger partial charge on any atom is 0.315 e. The van der Waals surface area contributed by atoms with Gasteiger partial charge in [-0.25, -0.2) is 13.9 Å². The van der Waals surface area contributed by atoms with Gasteiger partial charge in [0.1, 0.15) is 12.2 Å². The molecule has 3 aromatic heterocycles. The Labute approximate surface area is 146 Å². The van der Waals surface area contributed by atoms with E-state index < -0.39 is 5.97 Å². The molecular formula is C17H12FN5O3. The van der Waals surface area contributed by atoms with Crippen molar-refractivity contribution in [3.63, 3.8) is 0 Å². The van der Waals surface area contributed by atoms with Crippen LogP contribution in [0.2, 0.25) is 0 Å². The van der Waals surface area contributed by atoms with E-state index >= 15 is 0 Å². The number of carbonyl (C=O) groups is 1. The predicted octanol–water partition coefficient (Wildman–Crippen LogP) is 2.30. The van der Waals surface area contributed by atoms with Crippen molar-refractivity contribution in [2.24, 2.45) is 0 Å². The van der Waals surface area contributed by atoms with Crippen molar-refractivity contribution in [3.8, 4) is 22.8 Å². The van der Waals surface area contributed by atoms with Crippen molar-refractivity contribution in [2.75, 3.05) is 7.11 Å². The van der Waals surface area contributed by atoms with E-state index in [1.807, 2.05) is 0 Å². The Morgan fingerprint density at radius 2 is 2.04 bits per heavy atom. The fraction of sp³-hybridized carbons (Fsp3) is 0.118. The summed E-state index contributed by atoms with van der Waals surface area (Å²) in [5, 5.41) is 12.2. The molecule has 0 unspecified atom stereocenters. The van der Waals surface area contributed by atoms with Crippen LogP contribution in [0.25, 0.3) is 28.5 Å². The number of nitrogens with zero attached hydrogens (tertiary/aromatic N) is 5. The fourth-order valence-electron chi connectivity index (χ4n) is 2.46. The van der Waals surface area contributed by atoms with E-state index in [4.69, 9.17) is 4.42 Å². The molecule has 0 aliphatic heterocycles. The van der Waals surface area contributed by atoms with Crippen LogP contribution in [0, 0.1) is 5.82 Å². The highest BCUT2D eigenvalue weighted by Crippen LogP contribution is 2.23. The number of halogens is 1. The Morgan fingerprint density at radius 1 is 1.23 bits per heavy atom. The highest BCUT2D eigenvalue weighted by atomic mass is 19.1. The van der Waals surface area contributed by atoms with Crippen LogP contribution in [0.1, 0.15) is 5.89 Å². The van der Waals surface area contributed by atoms with Crippen LogP contribution < -0.4 is 0 Å². The van der Waals surface area contributed by atoms with Crippen LogP contribution in [0.5, 0.6) is 0 Å². The standard InChI is InChI=1S/C17H12FN5O3/c1-25-16(24)9-15-20-21-17(26-15)12-8-14-19-7-6-13(23(14)22-12)10-2-4-11(18)5-3-10/h2-8H,9H2,1H3. The summed E-state index contributed by atoms with van der Waals surface area (Å²) >= 11 is 0. The Balaban J connectivity index is 1.73. The number of hydrogen-bond donors (Lipinski definition) is 0. The van der Waals surface area contributed by atoms with Gasteiger partial charge < -0.3 is 9.15 Å². The molecule has 0 bridgehead atoms. The lowest BCUT2D eigenvalue weighted by Gasteiger charge is -2.03. The average Bonchev–Trinajstić information content (AvgIpc) is 3.28. The second-order valence-electron chi connectivity index (χ2n) is 5.39. The van der Waals surface area contributed by atoms with Gasteiger partial charge >= 0.3 is 5.97 Å². The van der Waals surface area contributed by atoms with Crippen LogP contribution in [0.3, 0.4) is 0 Å². The van der Waals surface area contributed by atoms with Crippen molar-refractivity contribution in [2.45, 2.75) is 6.42 Å². The zero-order valence-corrected chi connectivity index (χ0v) is 13.6. The Hall–Kier alpha value is -3.62. The number of esters is 1. The van der Waals surface area contributed by atoms with E-state index in [2.05, 4.69) is 25.0 Å². The number of ether oxygens (including phenoxy) is 1. The first kappa shape index (κ1) is 15.9. The molecule has 0 aliphatic rings. The third-order valence-electron chi connectivity index (χ3n) is 3.71. The lowest BCUT2D eigenvalue weighted by molar-refractivity contribution is -0.140. The summed E-state index contributed by atoms with van der Waals surface area (Å²) in [7, 11) is 1.28. The van der Waals surface area contributed by atoms with E-state index in [1.54, 1.807) is 35.0 Å². The maximum absolute atomic E-state index is 13.2. The highest BCUT2D eigenvalue weighted by Gasteiger charge is 2.16. The second-order valence-corrected chi connectivity index (χ2v) is 5.39. The van der Waals surface area contributed by atoms with Crippen LogP contribution >= 0.6 is 0 Å². The molecule has 4 aromatic rings. The Morgan fingerprint density at radius 3 is 2.81 bits per heavy atom. The van der Waals surface area contributed by atoms with E-state index in [-0.39, 0.29) is 24.0 Å². The molecule has 0 spiro atoms. The number of benzene rings is 1. The first-order chi connectivity index (χ1) is 12.6. The van der Waals surface area contributed by atoms with Gasteiger partial charge in [-0.15, -0.1) is 10.2 Å². The molecule has 1 aromatic carbocycles. The maximum atomic E-state index is 13.2. The molecular weight excluding hydrogens is 341 g/mol. The quantitative estimate of drug-likeness (QED) is 0.519. The van der Waals surface area contributed by atoms with Crippen molar-refractivity contribution < 1.29 is 18.3 Å². The van der Waals surface area contributed by atoms with E-state index in [0.717, 1.165) is 11.3 Å². The summed E-state index contributed by atoms with van der Waals surface area (Å²) in [6.07, 6.45) is 1.52. The minimum atomic E-state index is -0.476. The van der Waals surface area contributed by atoms with Gasteiger partial charge in [-0.1, -0.05) is 0 Å². The van der Waals surface area contributed by atoms with Crippen molar-refractivity contribution >= 4 is 11.6 Å². The molecule has 8 nitrogen and oxygen atoms in total. The Bertz CT molecular complexity index is 1090. The molecule has 0 radical (unpaired) electrons. The molecule has 0 atom stereocenters. The monoisotopic (exact) mass is 353 g/mol. The highest BCUT2D eigenvalue weighted by molar-refractivity contribution is 5.71. The molecule has 4 rings (SSSR count). The second kappa shape index (κ2) is 6.36. The van der Waals surface area contributed by atoms with Crippen molar-refractivity contribution in [3.05, 3.63) is 54.3 Å². The number of methoxy groups -OCH3 is 1. The summed E-state index contributed by atoms with van der Waals surface area (Å²) < 4.78 is 24.8. The number of carbonyl (C=O) groups excluding carboxylic acids is 1. The molecule has 3 heterocycles.